The van der Waals surface area contributed by atoms with Gasteiger partial charge in [-0.25, -0.2) is 0 Å². The Bertz CT molecular complexity index is 1080. The van der Waals surface area contributed by atoms with Gasteiger partial charge >= 0.3 is 0 Å². The number of ketones is 1. The molecule has 0 spiro atoms. The van der Waals surface area contributed by atoms with Crippen LogP contribution in [0.5, 0.6) is 17.2 Å². The number of hydrogen-bond donors (Lipinski definition) is 1. The number of hydrogen-bond acceptors (Lipinski definition) is 7. The van der Waals surface area contributed by atoms with Crippen molar-refractivity contribution < 1.29 is 28.9 Å². The first kappa shape index (κ1) is 25.1. The summed E-state index contributed by atoms with van der Waals surface area (Å²) in [5.74, 6) is 0.00524. The van der Waals surface area contributed by atoms with Gasteiger partial charge in [0.25, 0.3) is 11.7 Å². The molecule has 1 aliphatic rings. The highest BCUT2D eigenvalue weighted by molar-refractivity contribution is 6.46. The molecule has 0 bridgehead atoms. The zero-order valence-electron chi connectivity index (χ0n) is 20.5. The number of rotatable bonds is 9. The molecule has 34 heavy (non-hydrogen) atoms. The van der Waals surface area contributed by atoms with Gasteiger partial charge in [0.15, 0.2) is 0 Å². The van der Waals surface area contributed by atoms with E-state index < -0.39 is 17.7 Å². The SMILES string of the molecule is COc1ccc(OC)c([C@@H]2C(=C(O)c3ccc(OC(C)C)cc3)C(=O)C(=O)N2CCN(C)C)c1. The zero-order chi connectivity index (χ0) is 25.0. The fourth-order valence-electron chi connectivity index (χ4n) is 3.91. The van der Waals surface area contributed by atoms with E-state index >= 15 is 0 Å². The van der Waals surface area contributed by atoms with Crippen molar-refractivity contribution >= 4 is 17.4 Å². The molecule has 1 saturated heterocycles. The second kappa shape index (κ2) is 10.6. The van der Waals surface area contributed by atoms with E-state index in [9.17, 15) is 14.7 Å². The van der Waals surface area contributed by atoms with E-state index in [1.807, 2.05) is 32.8 Å². The summed E-state index contributed by atoms with van der Waals surface area (Å²) in [4.78, 5) is 29.7. The monoisotopic (exact) mass is 468 g/mol. The summed E-state index contributed by atoms with van der Waals surface area (Å²) in [6, 6.07) is 11.1. The Labute approximate surface area is 200 Å². The van der Waals surface area contributed by atoms with Crippen molar-refractivity contribution in [1.29, 1.82) is 0 Å². The molecule has 1 fully saturated rings. The van der Waals surface area contributed by atoms with Crippen LogP contribution in [0.15, 0.2) is 48.0 Å². The predicted molar refractivity (Wildman–Crippen MR) is 129 cm³/mol. The van der Waals surface area contributed by atoms with Crippen molar-refractivity contribution in [3.05, 3.63) is 59.2 Å². The van der Waals surface area contributed by atoms with Crippen LogP contribution in [-0.4, -0.2) is 74.1 Å². The molecule has 2 aromatic carbocycles. The van der Waals surface area contributed by atoms with Gasteiger partial charge in [-0.05, 0) is 70.4 Å². The van der Waals surface area contributed by atoms with Gasteiger partial charge in [-0.3, -0.25) is 9.59 Å². The number of likely N-dealkylation sites (N-methyl/N-ethyl adjacent to an activating group) is 1. The minimum atomic E-state index is -0.836. The van der Waals surface area contributed by atoms with Gasteiger partial charge in [0.2, 0.25) is 0 Å². The molecule has 3 rings (SSSR count). The standard InChI is InChI=1S/C26H32N2O6/c1-16(2)34-18-9-7-17(8-10-18)24(29)22-23(20-15-19(32-5)11-12-21(20)33-6)28(14-13-27(3)4)26(31)25(22)30/h7-12,15-16,23,29H,13-14H2,1-6H3/t23-/m1/s1. The van der Waals surface area contributed by atoms with Gasteiger partial charge in [-0.2, -0.15) is 0 Å². The number of methoxy groups -OCH3 is 2. The molecule has 0 aliphatic carbocycles. The van der Waals surface area contributed by atoms with Crippen LogP contribution in [0.3, 0.4) is 0 Å². The summed E-state index contributed by atoms with van der Waals surface area (Å²) >= 11 is 0. The van der Waals surface area contributed by atoms with Gasteiger partial charge in [-0.15, -0.1) is 0 Å². The lowest BCUT2D eigenvalue weighted by atomic mass is 9.94. The lowest BCUT2D eigenvalue weighted by Gasteiger charge is -2.28. The van der Waals surface area contributed by atoms with Crippen molar-refractivity contribution in [2.75, 3.05) is 41.4 Å². The molecule has 1 heterocycles. The molecule has 1 aliphatic heterocycles. The smallest absolute Gasteiger partial charge is 0.295 e. The average Bonchev–Trinajstić information content (AvgIpc) is 3.06. The summed E-state index contributed by atoms with van der Waals surface area (Å²) in [6.45, 7) is 4.67. The quantitative estimate of drug-likeness (QED) is 0.342. The number of carbonyl (C=O) groups is 2. The van der Waals surface area contributed by atoms with Gasteiger partial charge in [0.1, 0.15) is 23.0 Å². The van der Waals surface area contributed by atoms with Crippen LogP contribution in [0.4, 0.5) is 0 Å². The maximum atomic E-state index is 13.2. The number of ether oxygens (including phenoxy) is 3. The predicted octanol–water partition coefficient (Wildman–Crippen LogP) is 3.47. The van der Waals surface area contributed by atoms with Crippen molar-refractivity contribution in [1.82, 2.24) is 9.80 Å². The number of carbonyl (C=O) groups excluding carboxylic acids is 2. The number of amides is 1. The highest BCUT2D eigenvalue weighted by Gasteiger charge is 2.47. The normalized spacial score (nSPS) is 17.5. The maximum absolute atomic E-state index is 13.2. The Balaban J connectivity index is 2.17. The van der Waals surface area contributed by atoms with Crippen LogP contribution >= 0.6 is 0 Å². The van der Waals surface area contributed by atoms with E-state index in [2.05, 4.69) is 0 Å². The van der Waals surface area contributed by atoms with E-state index in [1.54, 1.807) is 42.5 Å². The molecule has 0 aromatic heterocycles. The molecule has 2 aromatic rings. The van der Waals surface area contributed by atoms with Crippen LogP contribution in [0.1, 0.15) is 31.0 Å². The molecule has 0 radical (unpaired) electrons. The van der Waals surface area contributed by atoms with E-state index in [0.717, 1.165) is 0 Å². The van der Waals surface area contributed by atoms with E-state index in [-0.39, 0.29) is 17.4 Å². The third kappa shape index (κ3) is 5.17. The fraction of sp³-hybridized carbons (Fsp3) is 0.385. The Morgan fingerprint density at radius 3 is 2.24 bits per heavy atom. The molecule has 8 heteroatoms. The van der Waals surface area contributed by atoms with Crippen LogP contribution in [-0.2, 0) is 9.59 Å². The van der Waals surface area contributed by atoms with Gasteiger partial charge in [0.05, 0.1) is 31.9 Å². The summed E-state index contributed by atoms with van der Waals surface area (Å²) in [5.41, 5.74) is 0.975. The zero-order valence-corrected chi connectivity index (χ0v) is 20.5. The Hall–Kier alpha value is -3.52. The first-order chi connectivity index (χ1) is 16.2. The second-order valence-corrected chi connectivity index (χ2v) is 8.59. The summed E-state index contributed by atoms with van der Waals surface area (Å²) < 4.78 is 16.6. The van der Waals surface area contributed by atoms with Crippen LogP contribution in [0.25, 0.3) is 5.76 Å². The van der Waals surface area contributed by atoms with Crippen LogP contribution < -0.4 is 14.2 Å². The number of nitrogens with zero attached hydrogens (tertiary/aromatic N) is 2. The topological polar surface area (TPSA) is 88.5 Å². The van der Waals surface area contributed by atoms with Crippen LogP contribution in [0.2, 0.25) is 0 Å². The van der Waals surface area contributed by atoms with E-state index in [4.69, 9.17) is 14.2 Å². The lowest BCUT2D eigenvalue weighted by molar-refractivity contribution is -0.140. The number of likely N-dealkylation sites (tertiary alicyclic amines) is 1. The van der Waals surface area contributed by atoms with Gasteiger partial charge in [0, 0.05) is 24.2 Å². The maximum Gasteiger partial charge on any atom is 0.295 e. The third-order valence-corrected chi connectivity index (χ3v) is 5.56. The largest absolute Gasteiger partial charge is 0.507 e. The van der Waals surface area contributed by atoms with E-state index in [0.29, 0.717) is 41.5 Å². The number of aliphatic hydroxyl groups excluding tert-OH is 1. The third-order valence-electron chi connectivity index (χ3n) is 5.56. The summed E-state index contributed by atoms with van der Waals surface area (Å²) in [7, 11) is 6.83. The van der Waals surface area contributed by atoms with Crippen molar-refractivity contribution in [2.24, 2.45) is 0 Å². The highest BCUT2D eigenvalue weighted by atomic mass is 16.5. The molecular formula is C26H32N2O6. The molecule has 1 N–H and O–H groups in total. The average molecular weight is 469 g/mol. The lowest BCUT2D eigenvalue weighted by Crippen LogP contribution is -2.35. The van der Waals surface area contributed by atoms with Crippen molar-refractivity contribution in [3.63, 3.8) is 0 Å². The Kier molecular flexibility index (Phi) is 7.83. The molecule has 0 unspecified atom stereocenters. The van der Waals surface area contributed by atoms with Gasteiger partial charge in [-0.1, -0.05) is 0 Å². The molecular weight excluding hydrogens is 436 g/mol. The summed E-state index contributed by atoms with van der Waals surface area (Å²) in [6.07, 6.45) is 0.00185. The minimum absolute atomic E-state index is 0.00185. The van der Waals surface area contributed by atoms with Crippen LogP contribution in [0, 0.1) is 0 Å². The first-order valence-electron chi connectivity index (χ1n) is 11.1. The highest BCUT2D eigenvalue weighted by Crippen LogP contribution is 2.43. The Morgan fingerprint density at radius 2 is 1.68 bits per heavy atom. The molecule has 1 atom stereocenters. The minimum Gasteiger partial charge on any atom is -0.507 e. The second-order valence-electron chi connectivity index (χ2n) is 8.59. The Morgan fingerprint density at radius 1 is 1.03 bits per heavy atom. The van der Waals surface area contributed by atoms with Crippen molar-refractivity contribution in [2.45, 2.75) is 26.0 Å². The molecule has 1 amide bonds. The molecule has 0 saturated carbocycles. The number of benzene rings is 2. The van der Waals surface area contributed by atoms with Gasteiger partial charge < -0.3 is 29.1 Å². The van der Waals surface area contributed by atoms with E-state index in [1.165, 1.54) is 19.1 Å². The first-order valence-corrected chi connectivity index (χ1v) is 11.1. The fourth-order valence-corrected chi connectivity index (χ4v) is 3.91. The van der Waals surface area contributed by atoms with Crippen molar-refractivity contribution in [3.8, 4) is 17.2 Å². The number of Topliss-reactive ketones (excluding diaryl/α,β-unsaturated/α-hetero) is 1. The number of aliphatic hydroxyl groups is 1. The summed E-state index contributed by atoms with van der Waals surface area (Å²) in [5, 5.41) is 11.3. The molecule has 8 nitrogen and oxygen atoms in total. The molecule has 182 valence electrons.